The van der Waals surface area contributed by atoms with Gasteiger partial charge in [0.25, 0.3) is 0 Å². The van der Waals surface area contributed by atoms with Crippen LogP contribution in [0.15, 0.2) is 24.3 Å². The Bertz CT molecular complexity index is 990. The van der Waals surface area contributed by atoms with Crippen molar-refractivity contribution >= 4 is 48.1 Å². The van der Waals surface area contributed by atoms with Gasteiger partial charge in [0.15, 0.2) is 0 Å². The minimum atomic E-state index is -1.49. The second-order valence-electron chi connectivity index (χ2n) is 8.19. The van der Waals surface area contributed by atoms with Crippen molar-refractivity contribution in [2.75, 3.05) is 5.75 Å². The minimum absolute atomic E-state index is 0.00902. The summed E-state index contributed by atoms with van der Waals surface area (Å²) in [5.41, 5.74) is 16.4. The van der Waals surface area contributed by atoms with E-state index < -0.39 is 59.7 Å². The van der Waals surface area contributed by atoms with Gasteiger partial charge in [0, 0.05) is 25.0 Å². The van der Waals surface area contributed by atoms with Crippen LogP contribution in [0.1, 0.15) is 31.2 Å². The maximum atomic E-state index is 13.1. The Hall–Kier alpha value is -3.85. The van der Waals surface area contributed by atoms with Crippen LogP contribution in [0.25, 0.3) is 0 Å². The fraction of sp³-hybridized carbons (Fsp3) is 0.455. The Kier molecular flexibility index (Phi) is 12.9. The van der Waals surface area contributed by atoms with Crippen LogP contribution in [0.5, 0.6) is 5.75 Å². The number of hydrogen-bond donors (Lipinski definition) is 9. The summed E-state index contributed by atoms with van der Waals surface area (Å²) in [4.78, 5) is 72.2. The third-order valence-electron chi connectivity index (χ3n) is 5.15. The first-order valence-electron chi connectivity index (χ1n) is 11.2. The van der Waals surface area contributed by atoms with Gasteiger partial charge in [-0.2, -0.15) is 12.6 Å². The number of carbonyl (C=O) groups is 6. The van der Waals surface area contributed by atoms with Gasteiger partial charge in [-0.3, -0.25) is 24.0 Å². The average Bonchev–Trinajstić information content (AvgIpc) is 2.83. The highest BCUT2D eigenvalue weighted by molar-refractivity contribution is 7.80. The number of benzene rings is 1. The van der Waals surface area contributed by atoms with Gasteiger partial charge in [-0.15, -0.1) is 0 Å². The van der Waals surface area contributed by atoms with Gasteiger partial charge < -0.3 is 43.4 Å². The number of aromatic hydroxyl groups is 1. The van der Waals surface area contributed by atoms with Crippen LogP contribution in [-0.2, 0) is 35.2 Å². The Labute approximate surface area is 218 Å². The van der Waals surface area contributed by atoms with Crippen LogP contribution in [0.2, 0.25) is 0 Å². The van der Waals surface area contributed by atoms with E-state index in [0.29, 0.717) is 5.56 Å². The molecule has 0 aromatic heterocycles. The van der Waals surface area contributed by atoms with E-state index in [-0.39, 0.29) is 43.6 Å². The summed E-state index contributed by atoms with van der Waals surface area (Å²) in [5.74, 6) is -5.48. The molecule has 14 nitrogen and oxygen atoms in total. The van der Waals surface area contributed by atoms with Crippen molar-refractivity contribution in [2.24, 2.45) is 17.2 Å². The van der Waals surface area contributed by atoms with E-state index in [1.165, 1.54) is 24.3 Å². The van der Waals surface area contributed by atoms with Crippen molar-refractivity contribution in [1.29, 1.82) is 0 Å². The number of aliphatic carboxylic acids is 1. The summed E-state index contributed by atoms with van der Waals surface area (Å²) in [6, 6.07) is 0.634. The third-order valence-corrected chi connectivity index (χ3v) is 5.54. The van der Waals surface area contributed by atoms with E-state index in [0.717, 1.165) is 0 Å². The molecule has 1 aromatic rings. The zero-order valence-corrected chi connectivity index (χ0v) is 20.8. The Morgan fingerprint density at radius 2 is 1.24 bits per heavy atom. The van der Waals surface area contributed by atoms with Crippen molar-refractivity contribution in [3.05, 3.63) is 29.8 Å². The molecule has 0 saturated carbocycles. The Morgan fingerprint density at radius 1 is 0.784 bits per heavy atom. The number of hydrogen-bond acceptors (Lipinski definition) is 9. The number of rotatable bonds is 16. The number of carboxylic acid groups (broad SMARTS) is 1. The SMILES string of the molecule is NC(=O)CCC(NC(=O)C(CCC(N)=O)NC(=O)C(Cc1ccc(O)cc1)NC(=O)C(N)CS)C(=O)O. The van der Waals surface area contributed by atoms with Crippen molar-refractivity contribution in [2.45, 2.75) is 56.3 Å². The van der Waals surface area contributed by atoms with Gasteiger partial charge in [-0.05, 0) is 30.5 Å². The molecule has 11 N–H and O–H groups in total. The van der Waals surface area contributed by atoms with Crippen molar-refractivity contribution in [3.8, 4) is 5.75 Å². The molecule has 0 aliphatic carbocycles. The van der Waals surface area contributed by atoms with Gasteiger partial charge in [0.2, 0.25) is 29.5 Å². The fourth-order valence-corrected chi connectivity index (χ4v) is 3.25. The highest BCUT2D eigenvalue weighted by Gasteiger charge is 2.30. The molecule has 1 rings (SSSR count). The summed E-state index contributed by atoms with van der Waals surface area (Å²) in [6.45, 7) is 0. The van der Waals surface area contributed by atoms with Crippen LogP contribution in [0.3, 0.4) is 0 Å². The normalized spacial score (nSPS) is 13.9. The zero-order valence-electron chi connectivity index (χ0n) is 19.9. The quantitative estimate of drug-likeness (QED) is 0.0984. The smallest absolute Gasteiger partial charge is 0.326 e. The largest absolute Gasteiger partial charge is 0.508 e. The number of nitrogens with one attached hydrogen (secondary N) is 3. The van der Waals surface area contributed by atoms with E-state index >= 15 is 0 Å². The maximum absolute atomic E-state index is 13.1. The molecule has 4 atom stereocenters. The molecule has 4 unspecified atom stereocenters. The zero-order chi connectivity index (χ0) is 28.1. The highest BCUT2D eigenvalue weighted by Crippen LogP contribution is 2.12. The van der Waals surface area contributed by atoms with Crippen LogP contribution in [0.4, 0.5) is 0 Å². The molecule has 204 valence electrons. The molecule has 0 bridgehead atoms. The topological polar surface area (TPSA) is 257 Å². The first-order valence-corrected chi connectivity index (χ1v) is 11.8. The number of carbonyl (C=O) groups excluding carboxylic acids is 5. The molecule has 0 fully saturated rings. The van der Waals surface area contributed by atoms with Crippen molar-refractivity contribution in [3.63, 3.8) is 0 Å². The predicted octanol–water partition coefficient (Wildman–Crippen LogP) is -2.74. The number of carboxylic acids is 1. The van der Waals surface area contributed by atoms with E-state index in [1.807, 2.05) is 0 Å². The lowest BCUT2D eigenvalue weighted by Gasteiger charge is -2.25. The number of amides is 5. The van der Waals surface area contributed by atoms with Crippen LogP contribution >= 0.6 is 12.6 Å². The van der Waals surface area contributed by atoms with Crippen molar-refractivity contribution < 1.29 is 39.0 Å². The van der Waals surface area contributed by atoms with Crippen LogP contribution < -0.4 is 33.2 Å². The lowest BCUT2D eigenvalue weighted by Crippen LogP contribution is -2.58. The van der Waals surface area contributed by atoms with Crippen molar-refractivity contribution in [1.82, 2.24) is 16.0 Å². The fourth-order valence-electron chi connectivity index (χ4n) is 3.08. The molecule has 0 saturated heterocycles. The first-order chi connectivity index (χ1) is 17.3. The lowest BCUT2D eigenvalue weighted by molar-refractivity contribution is -0.142. The standard InChI is InChI=1S/C22H32N6O8S/c23-13(10-37)19(32)28-16(9-11-1-3-12(29)4-2-11)21(34)26-14(5-7-17(24)30)20(33)27-15(22(35)36)6-8-18(25)31/h1-4,13-16,29,37H,5-10,23H2,(H2,24,30)(H2,25,31)(H,26,34)(H,27,33)(H,28,32)(H,35,36). The summed E-state index contributed by atoms with van der Waals surface area (Å²) in [6.07, 6.45) is -1.27. The van der Waals surface area contributed by atoms with Gasteiger partial charge in [0.1, 0.15) is 23.9 Å². The first kappa shape index (κ1) is 31.2. The summed E-state index contributed by atoms with van der Waals surface area (Å²) in [7, 11) is 0. The average molecular weight is 541 g/mol. The van der Waals surface area contributed by atoms with E-state index in [4.69, 9.17) is 17.2 Å². The molecule has 15 heteroatoms. The predicted molar refractivity (Wildman–Crippen MR) is 134 cm³/mol. The second-order valence-corrected chi connectivity index (χ2v) is 8.56. The molecule has 0 spiro atoms. The number of primary amides is 2. The molecular weight excluding hydrogens is 508 g/mol. The second kappa shape index (κ2) is 15.3. The number of phenolic OH excluding ortho intramolecular Hbond substituents is 1. The highest BCUT2D eigenvalue weighted by atomic mass is 32.1. The summed E-state index contributed by atoms with van der Waals surface area (Å²) >= 11 is 3.96. The third kappa shape index (κ3) is 11.6. The van der Waals surface area contributed by atoms with E-state index in [2.05, 4.69) is 28.6 Å². The molecule has 0 radical (unpaired) electrons. The maximum Gasteiger partial charge on any atom is 0.326 e. The number of phenols is 1. The van der Waals surface area contributed by atoms with Gasteiger partial charge >= 0.3 is 5.97 Å². The molecular formula is C22H32N6O8S. The van der Waals surface area contributed by atoms with Gasteiger partial charge in [-0.1, -0.05) is 12.1 Å². The van der Waals surface area contributed by atoms with E-state index in [1.54, 1.807) is 0 Å². The molecule has 0 aliphatic heterocycles. The molecule has 0 aliphatic rings. The molecule has 5 amide bonds. The lowest BCUT2D eigenvalue weighted by atomic mass is 10.0. The summed E-state index contributed by atoms with van der Waals surface area (Å²) in [5, 5.41) is 25.9. The minimum Gasteiger partial charge on any atom is -0.508 e. The monoisotopic (exact) mass is 540 g/mol. The Balaban J connectivity index is 3.13. The summed E-state index contributed by atoms with van der Waals surface area (Å²) < 4.78 is 0. The van der Waals surface area contributed by atoms with Crippen LogP contribution in [-0.4, -0.2) is 75.6 Å². The van der Waals surface area contributed by atoms with Gasteiger partial charge in [0.05, 0.1) is 6.04 Å². The Morgan fingerprint density at radius 3 is 1.73 bits per heavy atom. The van der Waals surface area contributed by atoms with Crippen LogP contribution in [0, 0.1) is 0 Å². The molecule has 0 heterocycles. The number of thiol groups is 1. The van der Waals surface area contributed by atoms with Gasteiger partial charge in [-0.25, -0.2) is 4.79 Å². The number of nitrogens with two attached hydrogens (primary N) is 3. The van der Waals surface area contributed by atoms with E-state index in [9.17, 15) is 39.0 Å². The molecule has 1 aromatic carbocycles. The molecule has 37 heavy (non-hydrogen) atoms.